The molecule has 6 heteroatoms. The molecular formula is C15H16F3N3. The maximum Gasteiger partial charge on any atom is 0.416 e. The van der Waals surface area contributed by atoms with Crippen LogP contribution in [0, 0.1) is 0 Å². The van der Waals surface area contributed by atoms with E-state index in [1.54, 1.807) is 17.0 Å². The molecule has 1 aromatic carbocycles. The van der Waals surface area contributed by atoms with Crippen molar-refractivity contribution in [3.05, 3.63) is 42.2 Å². The molecule has 0 amide bonds. The lowest BCUT2D eigenvalue weighted by Gasteiger charge is -2.15. The highest BCUT2D eigenvalue weighted by molar-refractivity contribution is 5.43. The standard InChI is InChI=1S/C15H16F3N3/c16-15(17,18)11-5-7-13(8-6-11)21-10-9-19-14(21)20-12-3-1-2-4-12/h5-10,12H,1-4H2,(H,19,20). The van der Waals surface area contributed by atoms with Crippen molar-refractivity contribution in [1.29, 1.82) is 0 Å². The minimum atomic E-state index is -4.31. The van der Waals surface area contributed by atoms with Crippen LogP contribution in [0.3, 0.4) is 0 Å². The Morgan fingerprint density at radius 3 is 2.38 bits per heavy atom. The zero-order chi connectivity index (χ0) is 14.9. The van der Waals surface area contributed by atoms with Gasteiger partial charge in [-0.2, -0.15) is 13.2 Å². The quantitative estimate of drug-likeness (QED) is 0.917. The second-order valence-electron chi connectivity index (χ2n) is 5.29. The van der Waals surface area contributed by atoms with Gasteiger partial charge in [0.25, 0.3) is 0 Å². The van der Waals surface area contributed by atoms with E-state index in [0.29, 0.717) is 17.7 Å². The van der Waals surface area contributed by atoms with Crippen LogP contribution < -0.4 is 5.32 Å². The van der Waals surface area contributed by atoms with E-state index in [9.17, 15) is 13.2 Å². The van der Waals surface area contributed by atoms with Crippen molar-refractivity contribution in [2.45, 2.75) is 37.9 Å². The molecule has 0 spiro atoms. The van der Waals surface area contributed by atoms with Gasteiger partial charge in [-0.25, -0.2) is 4.98 Å². The fourth-order valence-corrected chi connectivity index (χ4v) is 2.68. The van der Waals surface area contributed by atoms with Crippen LogP contribution in [0.1, 0.15) is 31.2 Å². The van der Waals surface area contributed by atoms with Crippen molar-refractivity contribution in [2.75, 3.05) is 5.32 Å². The molecule has 3 nitrogen and oxygen atoms in total. The van der Waals surface area contributed by atoms with E-state index in [1.165, 1.54) is 25.0 Å². The summed E-state index contributed by atoms with van der Waals surface area (Å²) in [6.07, 6.45) is 3.73. The monoisotopic (exact) mass is 295 g/mol. The lowest BCUT2D eigenvalue weighted by Crippen LogP contribution is -2.17. The predicted molar refractivity (Wildman–Crippen MR) is 74.4 cm³/mol. The molecule has 2 aromatic rings. The van der Waals surface area contributed by atoms with Gasteiger partial charge in [-0.1, -0.05) is 12.8 Å². The molecule has 0 bridgehead atoms. The number of nitrogens with one attached hydrogen (secondary N) is 1. The van der Waals surface area contributed by atoms with Crippen molar-refractivity contribution >= 4 is 5.95 Å². The van der Waals surface area contributed by atoms with E-state index >= 15 is 0 Å². The van der Waals surface area contributed by atoms with Crippen molar-refractivity contribution in [3.63, 3.8) is 0 Å². The van der Waals surface area contributed by atoms with Crippen LogP contribution >= 0.6 is 0 Å². The second kappa shape index (κ2) is 5.42. The summed E-state index contributed by atoms with van der Waals surface area (Å²) < 4.78 is 39.5. The molecule has 1 aliphatic rings. The first kappa shape index (κ1) is 14.0. The van der Waals surface area contributed by atoms with E-state index in [2.05, 4.69) is 10.3 Å². The van der Waals surface area contributed by atoms with E-state index in [-0.39, 0.29) is 0 Å². The molecule has 0 aliphatic heterocycles. The number of rotatable bonds is 3. The zero-order valence-electron chi connectivity index (χ0n) is 11.4. The first-order chi connectivity index (χ1) is 10.0. The zero-order valence-corrected chi connectivity index (χ0v) is 11.4. The van der Waals surface area contributed by atoms with Gasteiger partial charge in [-0.3, -0.25) is 4.57 Å². The summed E-state index contributed by atoms with van der Waals surface area (Å²) in [6, 6.07) is 5.51. The van der Waals surface area contributed by atoms with Gasteiger partial charge in [0.15, 0.2) is 0 Å². The van der Waals surface area contributed by atoms with Gasteiger partial charge in [0.1, 0.15) is 0 Å². The number of nitrogens with zero attached hydrogens (tertiary/aromatic N) is 2. The van der Waals surface area contributed by atoms with Crippen LogP contribution in [-0.2, 0) is 6.18 Å². The summed E-state index contributed by atoms with van der Waals surface area (Å²) in [5.74, 6) is 0.682. The van der Waals surface area contributed by atoms with Gasteiger partial charge >= 0.3 is 6.18 Å². The summed E-state index contributed by atoms with van der Waals surface area (Å²) in [5, 5.41) is 3.36. The van der Waals surface area contributed by atoms with Crippen molar-refractivity contribution in [2.24, 2.45) is 0 Å². The molecule has 0 atom stereocenters. The molecule has 112 valence electrons. The molecule has 1 fully saturated rings. The third-order valence-electron chi connectivity index (χ3n) is 3.80. The van der Waals surface area contributed by atoms with Gasteiger partial charge in [-0.15, -0.1) is 0 Å². The van der Waals surface area contributed by atoms with E-state index in [4.69, 9.17) is 0 Å². The number of anilines is 1. The van der Waals surface area contributed by atoms with Crippen LogP contribution in [-0.4, -0.2) is 15.6 Å². The normalized spacial score (nSPS) is 16.3. The van der Waals surface area contributed by atoms with Gasteiger partial charge in [0.2, 0.25) is 5.95 Å². The minimum Gasteiger partial charge on any atom is -0.353 e. The second-order valence-corrected chi connectivity index (χ2v) is 5.29. The summed E-state index contributed by atoms with van der Waals surface area (Å²) in [7, 11) is 0. The van der Waals surface area contributed by atoms with Crippen LogP contribution in [0.2, 0.25) is 0 Å². The van der Waals surface area contributed by atoms with Crippen LogP contribution in [0.25, 0.3) is 5.69 Å². The Labute approximate surface area is 120 Å². The van der Waals surface area contributed by atoms with E-state index in [0.717, 1.165) is 25.0 Å². The average molecular weight is 295 g/mol. The molecular weight excluding hydrogens is 279 g/mol. The Balaban J connectivity index is 1.82. The van der Waals surface area contributed by atoms with Gasteiger partial charge < -0.3 is 5.32 Å². The molecule has 21 heavy (non-hydrogen) atoms. The molecule has 3 rings (SSSR count). The topological polar surface area (TPSA) is 29.9 Å². The first-order valence-electron chi connectivity index (χ1n) is 7.01. The van der Waals surface area contributed by atoms with E-state index in [1.807, 2.05) is 0 Å². The highest BCUT2D eigenvalue weighted by Crippen LogP contribution is 2.30. The van der Waals surface area contributed by atoms with Gasteiger partial charge in [0.05, 0.1) is 5.56 Å². The SMILES string of the molecule is FC(F)(F)c1ccc(-n2ccnc2NC2CCCC2)cc1. The number of aromatic nitrogens is 2. The Bertz CT molecular complexity index is 595. The number of alkyl halides is 3. The van der Waals surface area contributed by atoms with Gasteiger partial charge in [0, 0.05) is 24.1 Å². The van der Waals surface area contributed by atoms with Crippen LogP contribution in [0.15, 0.2) is 36.7 Å². The number of halogens is 3. The fourth-order valence-electron chi connectivity index (χ4n) is 2.68. The first-order valence-corrected chi connectivity index (χ1v) is 7.01. The Kier molecular flexibility index (Phi) is 3.61. The Hall–Kier alpha value is -1.98. The minimum absolute atomic E-state index is 0.403. The Morgan fingerprint density at radius 1 is 1.10 bits per heavy atom. The van der Waals surface area contributed by atoms with E-state index < -0.39 is 11.7 Å². The maximum atomic E-state index is 12.6. The smallest absolute Gasteiger partial charge is 0.353 e. The van der Waals surface area contributed by atoms with Crippen molar-refractivity contribution in [1.82, 2.24) is 9.55 Å². The summed E-state index contributed by atoms with van der Waals surface area (Å²) in [5.41, 5.74) is 0.0256. The highest BCUT2D eigenvalue weighted by atomic mass is 19.4. The third kappa shape index (κ3) is 3.04. The van der Waals surface area contributed by atoms with Crippen molar-refractivity contribution < 1.29 is 13.2 Å². The summed E-state index contributed by atoms with van der Waals surface area (Å²) in [4.78, 5) is 4.26. The molecule has 1 saturated carbocycles. The van der Waals surface area contributed by atoms with Crippen molar-refractivity contribution in [3.8, 4) is 5.69 Å². The van der Waals surface area contributed by atoms with Crippen LogP contribution in [0.4, 0.5) is 19.1 Å². The van der Waals surface area contributed by atoms with Gasteiger partial charge in [-0.05, 0) is 37.1 Å². The molecule has 1 N–H and O–H groups in total. The summed E-state index contributed by atoms with van der Waals surface area (Å²) >= 11 is 0. The number of hydrogen-bond acceptors (Lipinski definition) is 2. The average Bonchev–Trinajstić information content (AvgIpc) is 3.10. The molecule has 0 saturated heterocycles. The third-order valence-corrected chi connectivity index (χ3v) is 3.80. The Morgan fingerprint density at radius 2 is 1.76 bits per heavy atom. The number of imidazole rings is 1. The predicted octanol–water partition coefficient (Wildman–Crippen LogP) is 4.25. The molecule has 1 heterocycles. The molecule has 1 aliphatic carbocycles. The largest absolute Gasteiger partial charge is 0.416 e. The molecule has 0 unspecified atom stereocenters. The molecule has 1 aromatic heterocycles. The number of hydrogen-bond donors (Lipinski definition) is 1. The number of benzene rings is 1. The highest BCUT2D eigenvalue weighted by Gasteiger charge is 2.30. The van der Waals surface area contributed by atoms with Crippen LogP contribution in [0.5, 0.6) is 0 Å². The maximum absolute atomic E-state index is 12.6. The fraction of sp³-hybridized carbons (Fsp3) is 0.400. The molecule has 0 radical (unpaired) electrons. The lowest BCUT2D eigenvalue weighted by atomic mass is 10.2. The lowest BCUT2D eigenvalue weighted by molar-refractivity contribution is -0.137. The summed E-state index contributed by atoms with van der Waals surface area (Å²) in [6.45, 7) is 0.